The van der Waals surface area contributed by atoms with Crippen LogP contribution in [-0.4, -0.2) is 0 Å². The van der Waals surface area contributed by atoms with E-state index < -0.39 is 0 Å². The Labute approximate surface area is 126 Å². The molecule has 0 aromatic heterocycles. The summed E-state index contributed by atoms with van der Waals surface area (Å²) in [5.74, 6) is 0. The topological polar surface area (TPSA) is 35.8 Å². The van der Waals surface area contributed by atoms with Gasteiger partial charge in [0, 0.05) is 10.2 Å². The second-order valence-electron chi connectivity index (χ2n) is 4.19. The summed E-state index contributed by atoms with van der Waals surface area (Å²) < 4.78 is 0.806. The Bertz CT molecular complexity index is 634. The van der Waals surface area contributed by atoms with Crippen molar-refractivity contribution in [2.45, 2.75) is 13.0 Å². The van der Waals surface area contributed by atoms with E-state index in [0.29, 0.717) is 5.02 Å². The molecule has 0 aliphatic rings. The molecule has 2 rings (SSSR count). The van der Waals surface area contributed by atoms with E-state index in [2.05, 4.69) is 27.3 Å². The van der Waals surface area contributed by atoms with Crippen molar-refractivity contribution in [3.63, 3.8) is 0 Å². The third-order valence-corrected chi connectivity index (χ3v) is 4.07. The lowest BCUT2D eigenvalue weighted by atomic mass is 10.0. The first kappa shape index (κ1) is 13.9. The van der Waals surface area contributed by atoms with Crippen LogP contribution in [-0.2, 0) is 0 Å². The standard InChI is InChI=1S/C15H12BrClN2/c1-10-4-2-3-5-12(10)15(9-18)19-11-6-7-14(17)13(16)8-11/h2-8,15,19H,1H3. The molecule has 0 saturated carbocycles. The molecule has 2 nitrogen and oxygen atoms in total. The van der Waals surface area contributed by atoms with Gasteiger partial charge >= 0.3 is 0 Å². The summed E-state index contributed by atoms with van der Waals surface area (Å²) in [5.41, 5.74) is 2.93. The highest BCUT2D eigenvalue weighted by molar-refractivity contribution is 9.10. The molecular formula is C15H12BrClN2. The number of hydrogen-bond donors (Lipinski definition) is 1. The fraction of sp³-hybridized carbons (Fsp3) is 0.133. The number of hydrogen-bond acceptors (Lipinski definition) is 2. The summed E-state index contributed by atoms with van der Waals surface area (Å²) in [4.78, 5) is 0. The number of nitrogens with one attached hydrogen (secondary N) is 1. The molecule has 0 aliphatic heterocycles. The van der Waals surface area contributed by atoms with Gasteiger partial charge in [0.1, 0.15) is 6.04 Å². The van der Waals surface area contributed by atoms with Gasteiger partial charge in [0.2, 0.25) is 0 Å². The Hall–Kier alpha value is -1.50. The van der Waals surface area contributed by atoms with Crippen molar-refractivity contribution in [3.8, 4) is 6.07 Å². The zero-order valence-electron chi connectivity index (χ0n) is 10.3. The minimum absolute atomic E-state index is 0.380. The zero-order chi connectivity index (χ0) is 13.8. The SMILES string of the molecule is Cc1ccccc1C(C#N)Nc1ccc(Cl)c(Br)c1. The molecule has 1 atom stereocenters. The van der Waals surface area contributed by atoms with Crippen LogP contribution in [0.2, 0.25) is 5.02 Å². The van der Waals surface area contributed by atoms with Crippen molar-refractivity contribution in [3.05, 3.63) is 63.1 Å². The Morgan fingerprint density at radius 2 is 2.00 bits per heavy atom. The van der Waals surface area contributed by atoms with Crippen molar-refractivity contribution in [2.75, 3.05) is 5.32 Å². The Morgan fingerprint density at radius 1 is 1.26 bits per heavy atom. The first-order valence-electron chi connectivity index (χ1n) is 5.78. The lowest BCUT2D eigenvalue weighted by molar-refractivity contribution is 0.981. The maximum absolute atomic E-state index is 9.34. The van der Waals surface area contributed by atoms with Crippen LogP contribution in [0.4, 0.5) is 5.69 Å². The summed E-state index contributed by atoms with van der Waals surface area (Å²) in [5, 5.41) is 13.2. The number of halogens is 2. The molecule has 0 aliphatic carbocycles. The predicted molar refractivity (Wildman–Crippen MR) is 82.3 cm³/mol. The first-order chi connectivity index (χ1) is 9.11. The van der Waals surface area contributed by atoms with Crippen LogP contribution in [0.1, 0.15) is 17.2 Å². The molecule has 1 unspecified atom stereocenters. The molecule has 0 radical (unpaired) electrons. The number of nitrogens with zero attached hydrogens (tertiary/aromatic N) is 1. The molecule has 96 valence electrons. The summed E-state index contributed by atoms with van der Waals surface area (Å²) in [6.07, 6.45) is 0. The maximum Gasteiger partial charge on any atom is 0.140 e. The van der Waals surface area contributed by atoms with Gasteiger partial charge in [-0.15, -0.1) is 0 Å². The largest absolute Gasteiger partial charge is 0.366 e. The third kappa shape index (κ3) is 3.28. The number of aryl methyl sites for hydroxylation is 1. The average Bonchev–Trinajstić information content (AvgIpc) is 2.41. The van der Waals surface area contributed by atoms with Gasteiger partial charge in [-0.2, -0.15) is 5.26 Å². The van der Waals surface area contributed by atoms with Crippen LogP contribution in [0, 0.1) is 18.3 Å². The van der Waals surface area contributed by atoms with Crippen LogP contribution in [0.25, 0.3) is 0 Å². The molecule has 0 spiro atoms. The van der Waals surface area contributed by atoms with Gasteiger partial charge < -0.3 is 5.32 Å². The fourth-order valence-electron chi connectivity index (χ4n) is 1.84. The number of benzene rings is 2. The van der Waals surface area contributed by atoms with Gasteiger partial charge in [-0.3, -0.25) is 0 Å². The monoisotopic (exact) mass is 334 g/mol. The molecule has 4 heteroatoms. The van der Waals surface area contributed by atoms with Gasteiger partial charge in [0.05, 0.1) is 11.1 Å². The lowest BCUT2D eigenvalue weighted by Gasteiger charge is -2.15. The smallest absolute Gasteiger partial charge is 0.140 e. The van der Waals surface area contributed by atoms with E-state index >= 15 is 0 Å². The summed E-state index contributed by atoms with van der Waals surface area (Å²) in [6, 6.07) is 15.3. The zero-order valence-corrected chi connectivity index (χ0v) is 12.7. The van der Waals surface area contributed by atoms with Crippen molar-refractivity contribution in [2.24, 2.45) is 0 Å². The number of rotatable bonds is 3. The van der Waals surface area contributed by atoms with Crippen molar-refractivity contribution >= 4 is 33.2 Å². The van der Waals surface area contributed by atoms with Crippen LogP contribution in [0.3, 0.4) is 0 Å². The van der Waals surface area contributed by atoms with Gasteiger partial charge in [-0.25, -0.2) is 0 Å². The van der Waals surface area contributed by atoms with E-state index in [1.54, 1.807) is 6.07 Å². The van der Waals surface area contributed by atoms with Crippen molar-refractivity contribution in [1.29, 1.82) is 5.26 Å². The van der Waals surface area contributed by atoms with Gasteiger partial charge in [-0.1, -0.05) is 35.9 Å². The minimum atomic E-state index is -0.380. The number of anilines is 1. The molecule has 2 aromatic carbocycles. The van der Waals surface area contributed by atoms with Gasteiger partial charge in [0.25, 0.3) is 0 Å². The summed E-state index contributed by atoms with van der Waals surface area (Å²) in [6.45, 7) is 2.00. The lowest BCUT2D eigenvalue weighted by Crippen LogP contribution is -2.09. The quantitative estimate of drug-likeness (QED) is 0.848. The predicted octanol–water partition coefficient (Wildman–Crippen LogP) is 5.09. The Kier molecular flexibility index (Phi) is 4.47. The highest BCUT2D eigenvalue weighted by Gasteiger charge is 2.12. The van der Waals surface area contributed by atoms with Crippen LogP contribution in [0.5, 0.6) is 0 Å². The molecule has 2 aromatic rings. The second kappa shape index (κ2) is 6.10. The first-order valence-corrected chi connectivity index (χ1v) is 6.95. The van der Waals surface area contributed by atoms with Crippen molar-refractivity contribution in [1.82, 2.24) is 0 Å². The molecule has 0 fully saturated rings. The minimum Gasteiger partial charge on any atom is -0.366 e. The summed E-state index contributed by atoms with van der Waals surface area (Å²) in [7, 11) is 0. The Balaban J connectivity index is 2.27. The van der Waals surface area contributed by atoms with E-state index in [1.807, 2.05) is 43.3 Å². The Morgan fingerprint density at radius 3 is 2.63 bits per heavy atom. The maximum atomic E-state index is 9.34. The molecule has 0 heterocycles. The van der Waals surface area contributed by atoms with E-state index in [4.69, 9.17) is 11.6 Å². The molecule has 0 amide bonds. The molecule has 1 N–H and O–H groups in total. The normalized spacial score (nSPS) is 11.7. The van der Waals surface area contributed by atoms with Gasteiger partial charge in [0.15, 0.2) is 0 Å². The van der Waals surface area contributed by atoms with Crippen LogP contribution in [0.15, 0.2) is 46.9 Å². The van der Waals surface area contributed by atoms with E-state index in [0.717, 1.165) is 21.3 Å². The van der Waals surface area contributed by atoms with Gasteiger partial charge in [-0.05, 0) is 52.2 Å². The van der Waals surface area contributed by atoms with Crippen LogP contribution < -0.4 is 5.32 Å². The summed E-state index contributed by atoms with van der Waals surface area (Å²) >= 11 is 9.33. The highest BCUT2D eigenvalue weighted by Crippen LogP contribution is 2.28. The highest BCUT2D eigenvalue weighted by atomic mass is 79.9. The second-order valence-corrected chi connectivity index (χ2v) is 5.45. The molecular weight excluding hydrogens is 324 g/mol. The molecule has 0 bridgehead atoms. The van der Waals surface area contributed by atoms with E-state index in [1.165, 1.54) is 0 Å². The van der Waals surface area contributed by atoms with E-state index in [-0.39, 0.29) is 6.04 Å². The number of nitriles is 1. The molecule has 0 saturated heterocycles. The average molecular weight is 336 g/mol. The van der Waals surface area contributed by atoms with E-state index in [9.17, 15) is 5.26 Å². The molecule has 19 heavy (non-hydrogen) atoms. The third-order valence-electron chi connectivity index (χ3n) is 2.86. The van der Waals surface area contributed by atoms with Crippen LogP contribution >= 0.6 is 27.5 Å². The fourth-order valence-corrected chi connectivity index (χ4v) is 2.34. The van der Waals surface area contributed by atoms with Crippen molar-refractivity contribution < 1.29 is 0 Å².